The number of carbonyl (C=O) groups is 2. The van der Waals surface area contributed by atoms with E-state index in [9.17, 15) is 14.7 Å². The average Bonchev–Trinajstić information content (AvgIpc) is 3.11. The van der Waals surface area contributed by atoms with Gasteiger partial charge in [0, 0.05) is 34.7 Å². The van der Waals surface area contributed by atoms with Gasteiger partial charge in [-0.3, -0.25) is 14.5 Å². The van der Waals surface area contributed by atoms with E-state index < -0.39 is 11.5 Å². The highest BCUT2D eigenvalue weighted by Crippen LogP contribution is 2.47. The summed E-state index contributed by atoms with van der Waals surface area (Å²) in [6.07, 6.45) is 5.24. The van der Waals surface area contributed by atoms with Crippen molar-refractivity contribution in [3.63, 3.8) is 0 Å². The molecule has 2 atom stereocenters. The smallest absolute Gasteiger partial charge is 0.264 e. The molecule has 0 spiro atoms. The topological polar surface area (TPSA) is 81.1 Å². The summed E-state index contributed by atoms with van der Waals surface area (Å²) < 4.78 is 0.779. The maximum atomic E-state index is 13.7. The number of anilines is 3. The maximum Gasteiger partial charge on any atom is 0.264 e. The normalized spacial score (nSPS) is 19.9. The Hall–Kier alpha value is -3.26. The molecule has 2 heterocycles. The zero-order valence-corrected chi connectivity index (χ0v) is 22.2. The number of hydrogen-bond acceptors (Lipinski definition) is 4. The Balaban J connectivity index is 1.43. The van der Waals surface area contributed by atoms with Gasteiger partial charge in [-0.1, -0.05) is 65.3 Å². The lowest BCUT2D eigenvalue weighted by molar-refractivity contribution is -0.139. The molecule has 0 fully saturated rings. The summed E-state index contributed by atoms with van der Waals surface area (Å²) in [7, 11) is 0. The number of halogens is 1. The molecular formula is C30H29BrN2O4. The molecule has 6 nitrogen and oxygen atoms in total. The Morgan fingerprint density at radius 3 is 2.54 bits per heavy atom. The predicted molar refractivity (Wildman–Crippen MR) is 148 cm³/mol. The number of amides is 2. The van der Waals surface area contributed by atoms with Gasteiger partial charge in [-0.2, -0.15) is 0 Å². The Morgan fingerprint density at radius 2 is 1.78 bits per heavy atom. The first kappa shape index (κ1) is 25.4. The average molecular weight is 561 g/mol. The molecule has 190 valence electrons. The highest BCUT2D eigenvalue weighted by molar-refractivity contribution is 9.10. The van der Waals surface area contributed by atoms with E-state index in [0.29, 0.717) is 24.1 Å². The number of para-hydroxylation sites is 1. The molecule has 5 rings (SSSR count). The van der Waals surface area contributed by atoms with Gasteiger partial charge in [-0.15, -0.1) is 0 Å². The third-order valence-corrected chi connectivity index (χ3v) is 7.73. The van der Waals surface area contributed by atoms with Crippen molar-refractivity contribution < 1.29 is 19.8 Å². The number of aryl methyl sites for hydroxylation is 1. The molecule has 0 saturated carbocycles. The second kappa shape index (κ2) is 10.2. The molecule has 0 aliphatic carbocycles. The largest absolute Gasteiger partial charge is 0.396 e. The summed E-state index contributed by atoms with van der Waals surface area (Å²) in [6, 6.07) is 21.1. The van der Waals surface area contributed by atoms with E-state index in [2.05, 4.69) is 22.0 Å². The Morgan fingerprint density at radius 1 is 1.03 bits per heavy atom. The number of carbonyl (C=O) groups excluding carboxylic acids is 2. The van der Waals surface area contributed by atoms with Crippen LogP contribution in [0.2, 0.25) is 0 Å². The quantitative estimate of drug-likeness (QED) is 0.381. The lowest BCUT2D eigenvalue weighted by Gasteiger charge is -2.30. The van der Waals surface area contributed by atoms with Gasteiger partial charge in [0.2, 0.25) is 5.91 Å². The summed E-state index contributed by atoms with van der Waals surface area (Å²) in [5, 5.41) is 20.8. The van der Waals surface area contributed by atoms with Crippen molar-refractivity contribution in [1.82, 2.24) is 0 Å². The fourth-order valence-corrected chi connectivity index (χ4v) is 5.60. The van der Waals surface area contributed by atoms with Crippen LogP contribution in [0.4, 0.5) is 17.1 Å². The van der Waals surface area contributed by atoms with Crippen LogP contribution in [-0.4, -0.2) is 28.6 Å². The first-order valence-corrected chi connectivity index (χ1v) is 13.3. The number of hydrogen-bond donors (Lipinski definition) is 2. The standard InChI is InChI=1S/C30H29BrN2O4/c1-20(6-4-5-17-34)30(37)25-18-23(31)12-15-27(25)32(29(30)36)19-21-9-13-24(14-10-21)33-26-8-3-2-7-22(26)11-16-28(33)35/h2-4,6-10,12-15,18,20,34,37H,5,11,16-17,19H2,1H3/b6-4+/t20-,30+/m0/s1. The van der Waals surface area contributed by atoms with E-state index >= 15 is 0 Å². The van der Waals surface area contributed by atoms with E-state index in [1.807, 2.05) is 61.5 Å². The molecule has 2 N–H and O–H groups in total. The van der Waals surface area contributed by atoms with Crippen molar-refractivity contribution in [1.29, 1.82) is 0 Å². The van der Waals surface area contributed by atoms with Crippen LogP contribution in [0.25, 0.3) is 0 Å². The SMILES string of the molecule is C[C@@H](/C=C/CCO)[C@]1(O)C(=O)N(Cc2ccc(N3C(=O)CCc4ccccc43)cc2)c2ccc(Br)cc21. The summed E-state index contributed by atoms with van der Waals surface area (Å²) in [4.78, 5) is 29.9. The van der Waals surface area contributed by atoms with E-state index in [1.54, 1.807) is 28.0 Å². The van der Waals surface area contributed by atoms with Crippen molar-refractivity contribution >= 4 is 44.8 Å². The number of aliphatic hydroxyl groups excluding tert-OH is 1. The molecule has 0 unspecified atom stereocenters. The van der Waals surface area contributed by atoms with Crippen LogP contribution in [0.1, 0.15) is 36.5 Å². The van der Waals surface area contributed by atoms with E-state index in [1.165, 1.54) is 0 Å². The van der Waals surface area contributed by atoms with E-state index in [-0.39, 0.29) is 25.0 Å². The Kier molecular flexibility index (Phi) is 7.03. The van der Waals surface area contributed by atoms with E-state index in [4.69, 9.17) is 5.11 Å². The molecule has 2 amide bonds. The zero-order valence-electron chi connectivity index (χ0n) is 20.6. The van der Waals surface area contributed by atoms with Crippen LogP contribution >= 0.6 is 15.9 Å². The van der Waals surface area contributed by atoms with Gasteiger partial charge in [0.05, 0.1) is 17.9 Å². The third-order valence-electron chi connectivity index (χ3n) is 7.24. The van der Waals surface area contributed by atoms with Crippen molar-refractivity contribution in [2.24, 2.45) is 5.92 Å². The second-order valence-corrected chi connectivity index (χ2v) is 10.5. The van der Waals surface area contributed by atoms with Crippen molar-refractivity contribution in [2.75, 3.05) is 16.4 Å². The van der Waals surface area contributed by atoms with Gasteiger partial charge < -0.3 is 15.1 Å². The molecule has 0 saturated heterocycles. The van der Waals surface area contributed by atoms with Crippen LogP contribution in [0.5, 0.6) is 0 Å². The number of rotatable bonds is 7. The number of aliphatic hydroxyl groups is 2. The maximum absolute atomic E-state index is 13.7. The lowest BCUT2D eigenvalue weighted by atomic mass is 9.83. The molecule has 2 aliphatic rings. The van der Waals surface area contributed by atoms with Gasteiger partial charge >= 0.3 is 0 Å². The minimum atomic E-state index is -1.71. The van der Waals surface area contributed by atoms with Crippen molar-refractivity contribution in [2.45, 2.75) is 38.3 Å². The van der Waals surface area contributed by atoms with Gasteiger partial charge in [0.25, 0.3) is 5.91 Å². The third kappa shape index (κ3) is 4.52. The Bertz CT molecular complexity index is 1370. The summed E-state index contributed by atoms with van der Waals surface area (Å²) in [5.41, 5.74) is 3.25. The van der Waals surface area contributed by atoms with Crippen LogP contribution in [0.15, 0.2) is 83.4 Å². The van der Waals surface area contributed by atoms with Crippen LogP contribution < -0.4 is 9.80 Å². The van der Waals surface area contributed by atoms with Gasteiger partial charge in [-0.05, 0) is 60.4 Å². The van der Waals surface area contributed by atoms with Gasteiger partial charge in [-0.25, -0.2) is 0 Å². The van der Waals surface area contributed by atoms with Crippen LogP contribution in [-0.2, 0) is 28.2 Å². The minimum Gasteiger partial charge on any atom is -0.396 e. The molecule has 37 heavy (non-hydrogen) atoms. The minimum absolute atomic E-state index is 0.00839. The molecule has 3 aromatic rings. The highest BCUT2D eigenvalue weighted by atomic mass is 79.9. The summed E-state index contributed by atoms with van der Waals surface area (Å²) in [5.74, 6) is -0.808. The highest BCUT2D eigenvalue weighted by Gasteiger charge is 2.52. The molecule has 2 aliphatic heterocycles. The monoisotopic (exact) mass is 560 g/mol. The van der Waals surface area contributed by atoms with E-state index in [0.717, 1.165) is 33.4 Å². The predicted octanol–water partition coefficient (Wildman–Crippen LogP) is 5.37. The van der Waals surface area contributed by atoms with Gasteiger partial charge in [0.15, 0.2) is 5.60 Å². The lowest BCUT2D eigenvalue weighted by Crippen LogP contribution is -2.44. The number of nitrogens with zero attached hydrogens (tertiary/aromatic N) is 2. The molecular weight excluding hydrogens is 532 g/mol. The van der Waals surface area contributed by atoms with Crippen molar-refractivity contribution in [3.05, 3.63) is 100 Å². The first-order chi connectivity index (χ1) is 17.8. The molecule has 0 aromatic heterocycles. The van der Waals surface area contributed by atoms with Crippen LogP contribution in [0, 0.1) is 5.92 Å². The molecule has 0 radical (unpaired) electrons. The second-order valence-electron chi connectivity index (χ2n) is 9.57. The summed E-state index contributed by atoms with van der Waals surface area (Å²) >= 11 is 3.47. The van der Waals surface area contributed by atoms with Gasteiger partial charge in [0.1, 0.15) is 0 Å². The Labute approximate surface area is 225 Å². The molecule has 3 aromatic carbocycles. The first-order valence-electron chi connectivity index (χ1n) is 12.5. The zero-order chi connectivity index (χ0) is 26.2. The van der Waals surface area contributed by atoms with Crippen molar-refractivity contribution in [3.8, 4) is 0 Å². The number of fused-ring (bicyclic) bond motifs is 2. The fraction of sp³-hybridized carbons (Fsp3) is 0.267. The number of benzene rings is 3. The summed E-state index contributed by atoms with van der Waals surface area (Å²) in [6.45, 7) is 2.10. The van der Waals surface area contributed by atoms with Crippen LogP contribution in [0.3, 0.4) is 0 Å². The molecule has 0 bridgehead atoms. The molecule has 7 heteroatoms. The fourth-order valence-electron chi connectivity index (χ4n) is 5.23.